The van der Waals surface area contributed by atoms with Crippen LogP contribution in [-0.4, -0.2) is 24.7 Å². The molecule has 0 saturated carbocycles. The Morgan fingerprint density at radius 2 is 2.14 bits per heavy atom. The second kappa shape index (κ2) is 6.39. The van der Waals surface area contributed by atoms with Gasteiger partial charge in [0, 0.05) is 13.0 Å². The number of hydrogen-bond donors (Lipinski definition) is 1. The van der Waals surface area contributed by atoms with Crippen LogP contribution in [0.25, 0.3) is 0 Å². The summed E-state index contributed by atoms with van der Waals surface area (Å²) in [5.74, 6) is -0.127. The maximum atomic E-state index is 11.1. The number of carbonyl (C=O) groups is 1. The quantitative estimate of drug-likeness (QED) is 0.676. The molecule has 0 heterocycles. The average Bonchev–Trinajstić information content (AvgIpc) is 2.08. The van der Waals surface area contributed by atoms with E-state index in [1.807, 2.05) is 26.8 Å². The topological polar surface area (TPSA) is 62.1 Å². The highest BCUT2D eigenvalue weighted by atomic mass is 16.5. The first-order valence-electron chi connectivity index (χ1n) is 4.73. The molecule has 1 N–H and O–H groups in total. The molecule has 0 aromatic heterocycles. The molecule has 0 aliphatic heterocycles. The van der Waals surface area contributed by atoms with E-state index >= 15 is 0 Å². The molecule has 0 spiro atoms. The predicted molar refractivity (Wildman–Crippen MR) is 53.6 cm³/mol. The largest absolute Gasteiger partial charge is 0.366 e. The Balaban J connectivity index is 3.43. The summed E-state index contributed by atoms with van der Waals surface area (Å²) < 4.78 is 5.27. The normalized spacial score (nSPS) is 10.7. The highest BCUT2D eigenvalue weighted by Gasteiger charge is 2.12. The fourth-order valence-electron chi connectivity index (χ4n) is 0.728. The molecule has 14 heavy (non-hydrogen) atoms. The Bertz CT molecular complexity index is 213. The van der Waals surface area contributed by atoms with Crippen molar-refractivity contribution in [1.82, 2.24) is 5.32 Å². The van der Waals surface area contributed by atoms with Crippen molar-refractivity contribution in [2.75, 3.05) is 13.2 Å². The molecule has 1 amide bonds. The molecule has 0 aliphatic carbocycles. The second-order valence-electron chi connectivity index (χ2n) is 4.01. The summed E-state index contributed by atoms with van der Waals surface area (Å²) in [5, 5.41) is 10.9. The van der Waals surface area contributed by atoms with Gasteiger partial charge in [-0.3, -0.25) is 4.79 Å². The number of ether oxygens (including phenoxy) is 1. The zero-order valence-corrected chi connectivity index (χ0v) is 9.09. The molecular formula is C10H18N2O2. The van der Waals surface area contributed by atoms with Crippen molar-refractivity contribution in [3.63, 3.8) is 0 Å². The molecule has 0 unspecified atom stereocenters. The monoisotopic (exact) mass is 198 g/mol. The van der Waals surface area contributed by atoms with Crippen molar-refractivity contribution in [2.24, 2.45) is 0 Å². The summed E-state index contributed by atoms with van der Waals surface area (Å²) in [6, 6.07) is 2.02. The number of rotatable bonds is 5. The van der Waals surface area contributed by atoms with Crippen molar-refractivity contribution < 1.29 is 9.53 Å². The van der Waals surface area contributed by atoms with Gasteiger partial charge in [0.25, 0.3) is 0 Å². The molecule has 0 fully saturated rings. The van der Waals surface area contributed by atoms with E-state index < -0.39 is 0 Å². The second-order valence-corrected chi connectivity index (χ2v) is 4.01. The molecule has 80 valence electrons. The standard InChI is InChI=1S/C10H18N2O2/c1-10(2,3)14-8-9(13)12-7-5-4-6-11/h4-5,7-8H2,1-3H3,(H,12,13). The van der Waals surface area contributed by atoms with Gasteiger partial charge in [-0.1, -0.05) is 0 Å². The summed E-state index contributed by atoms with van der Waals surface area (Å²) >= 11 is 0. The van der Waals surface area contributed by atoms with Crippen molar-refractivity contribution in [1.29, 1.82) is 5.26 Å². The van der Waals surface area contributed by atoms with Crippen molar-refractivity contribution in [2.45, 2.75) is 39.2 Å². The number of unbranched alkanes of at least 4 members (excludes halogenated alkanes) is 1. The van der Waals surface area contributed by atoms with Crippen LogP contribution in [0.15, 0.2) is 0 Å². The molecule has 0 saturated heterocycles. The van der Waals surface area contributed by atoms with E-state index in [1.54, 1.807) is 0 Å². The molecule has 0 bridgehead atoms. The van der Waals surface area contributed by atoms with Gasteiger partial charge in [0.1, 0.15) is 6.61 Å². The van der Waals surface area contributed by atoms with Crippen molar-refractivity contribution in [3.8, 4) is 6.07 Å². The first kappa shape index (κ1) is 12.9. The van der Waals surface area contributed by atoms with Gasteiger partial charge < -0.3 is 10.1 Å². The molecule has 4 heteroatoms. The van der Waals surface area contributed by atoms with Crippen molar-refractivity contribution in [3.05, 3.63) is 0 Å². The lowest BCUT2D eigenvalue weighted by Gasteiger charge is -2.18. The number of nitrogens with zero attached hydrogens (tertiary/aromatic N) is 1. The van der Waals surface area contributed by atoms with E-state index in [-0.39, 0.29) is 18.1 Å². The number of hydrogen-bond acceptors (Lipinski definition) is 3. The van der Waals surface area contributed by atoms with Crippen molar-refractivity contribution >= 4 is 5.91 Å². The third-order valence-electron chi connectivity index (χ3n) is 1.42. The number of nitriles is 1. The third-order valence-corrected chi connectivity index (χ3v) is 1.42. The van der Waals surface area contributed by atoms with Gasteiger partial charge in [-0.2, -0.15) is 5.26 Å². The predicted octanol–water partition coefficient (Wildman–Crippen LogP) is 1.22. The smallest absolute Gasteiger partial charge is 0.246 e. The van der Waals surface area contributed by atoms with E-state index in [0.717, 1.165) is 0 Å². The number of amides is 1. The van der Waals surface area contributed by atoms with Crippen LogP contribution in [0.3, 0.4) is 0 Å². The summed E-state index contributed by atoms with van der Waals surface area (Å²) in [6.07, 6.45) is 1.16. The van der Waals surface area contributed by atoms with Crippen LogP contribution in [0.1, 0.15) is 33.6 Å². The summed E-state index contributed by atoms with van der Waals surface area (Å²) in [6.45, 7) is 6.32. The van der Waals surface area contributed by atoms with Gasteiger partial charge >= 0.3 is 0 Å². The molecular weight excluding hydrogens is 180 g/mol. The molecule has 4 nitrogen and oxygen atoms in total. The van der Waals surface area contributed by atoms with Crippen LogP contribution < -0.4 is 5.32 Å². The molecule has 0 aromatic rings. The highest BCUT2D eigenvalue weighted by Crippen LogP contribution is 2.05. The van der Waals surface area contributed by atoms with Crippen LogP contribution in [0.5, 0.6) is 0 Å². The zero-order chi connectivity index (χ0) is 11.0. The van der Waals surface area contributed by atoms with Gasteiger partial charge in [0.15, 0.2) is 0 Å². The average molecular weight is 198 g/mol. The van der Waals surface area contributed by atoms with E-state index in [0.29, 0.717) is 19.4 Å². The third kappa shape index (κ3) is 9.01. The minimum absolute atomic E-state index is 0.0794. The lowest BCUT2D eigenvalue weighted by Crippen LogP contribution is -2.32. The lowest BCUT2D eigenvalue weighted by atomic mass is 10.2. The van der Waals surface area contributed by atoms with Gasteiger partial charge in [0.05, 0.1) is 11.7 Å². The summed E-state index contributed by atoms with van der Waals surface area (Å²) in [4.78, 5) is 11.1. The van der Waals surface area contributed by atoms with Gasteiger partial charge in [-0.15, -0.1) is 0 Å². The van der Waals surface area contributed by atoms with Crippen LogP contribution in [0, 0.1) is 11.3 Å². The van der Waals surface area contributed by atoms with Crippen LogP contribution in [-0.2, 0) is 9.53 Å². The van der Waals surface area contributed by atoms with E-state index in [4.69, 9.17) is 10.00 Å². The Morgan fingerprint density at radius 3 is 2.64 bits per heavy atom. The first-order valence-corrected chi connectivity index (χ1v) is 4.73. The van der Waals surface area contributed by atoms with Gasteiger partial charge in [-0.25, -0.2) is 0 Å². The molecule has 0 aromatic carbocycles. The number of nitrogens with one attached hydrogen (secondary N) is 1. The lowest BCUT2D eigenvalue weighted by molar-refractivity contribution is -0.130. The first-order chi connectivity index (χ1) is 6.45. The van der Waals surface area contributed by atoms with Crippen LogP contribution >= 0.6 is 0 Å². The Morgan fingerprint density at radius 1 is 1.50 bits per heavy atom. The summed E-state index contributed by atoms with van der Waals surface area (Å²) in [5.41, 5.74) is -0.288. The number of carbonyl (C=O) groups excluding carboxylic acids is 1. The minimum Gasteiger partial charge on any atom is -0.366 e. The Labute approximate surface area is 85.2 Å². The minimum atomic E-state index is -0.288. The molecule has 0 radical (unpaired) electrons. The maximum absolute atomic E-state index is 11.1. The van der Waals surface area contributed by atoms with Gasteiger partial charge in [-0.05, 0) is 27.2 Å². The Kier molecular flexibility index (Phi) is 5.89. The fourth-order valence-corrected chi connectivity index (χ4v) is 0.728. The van der Waals surface area contributed by atoms with E-state index in [2.05, 4.69) is 5.32 Å². The zero-order valence-electron chi connectivity index (χ0n) is 9.09. The molecule has 0 atom stereocenters. The van der Waals surface area contributed by atoms with E-state index in [9.17, 15) is 4.79 Å². The molecule has 0 aliphatic rings. The summed E-state index contributed by atoms with van der Waals surface area (Å²) in [7, 11) is 0. The SMILES string of the molecule is CC(C)(C)OCC(=O)NCCCC#N. The van der Waals surface area contributed by atoms with Crippen LogP contribution in [0.2, 0.25) is 0 Å². The fraction of sp³-hybridized carbons (Fsp3) is 0.800. The van der Waals surface area contributed by atoms with Gasteiger partial charge in [0.2, 0.25) is 5.91 Å². The Hall–Kier alpha value is -1.08. The molecule has 0 rings (SSSR count). The van der Waals surface area contributed by atoms with Crippen LogP contribution in [0.4, 0.5) is 0 Å². The van der Waals surface area contributed by atoms with E-state index in [1.165, 1.54) is 0 Å². The maximum Gasteiger partial charge on any atom is 0.246 e. The highest BCUT2D eigenvalue weighted by molar-refractivity contribution is 5.77.